The normalized spacial score (nSPS) is 16.8. The third-order valence-electron chi connectivity index (χ3n) is 3.84. The van der Waals surface area contributed by atoms with E-state index in [2.05, 4.69) is 27.4 Å². The lowest BCUT2D eigenvalue weighted by Crippen LogP contribution is -2.27. The van der Waals surface area contributed by atoms with Gasteiger partial charge in [-0.25, -0.2) is 0 Å². The molecule has 0 saturated heterocycles. The van der Waals surface area contributed by atoms with Crippen LogP contribution in [0.5, 0.6) is 0 Å². The van der Waals surface area contributed by atoms with Gasteiger partial charge in [0.05, 0.1) is 6.54 Å². The molecule has 1 N–H and O–H groups in total. The minimum atomic E-state index is 0.388. The number of rotatable bonds is 3. The molecular formula is C18H15ClN4O. The van der Waals surface area contributed by atoms with Crippen molar-refractivity contribution in [1.29, 1.82) is 0 Å². The molecule has 0 fully saturated rings. The number of halogens is 1. The van der Waals surface area contributed by atoms with E-state index in [-0.39, 0.29) is 0 Å². The summed E-state index contributed by atoms with van der Waals surface area (Å²) in [5.41, 5.74) is 2.80. The van der Waals surface area contributed by atoms with Crippen LogP contribution in [-0.2, 0) is 0 Å². The Balaban J connectivity index is 1.57. The van der Waals surface area contributed by atoms with E-state index in [0.717, 1.165) is 29.1 Å². The smallest absolute Gasteiger partial charge is 0.258 e. The molecule has 3 aromatic rings. The first kappa shape index (κ1) is 14.9. The van der Waals surface area contributed by atoms with Gasteiger partial charge in [0.15, 0.2) is 0 Å². The Labute approximate surface area is 144 Å². The van der Waals surface area contributed by atoms with Crippen molar-refractivity contribution in [3.05, 3.63) is 59.1 Å². The number of nitrogens with zero attached hydrogens (tertiary/aromatic N) is 3. The number of hydrogen-bond acceptors (Lipinski definition) is 5. The van der Waals surface area contributed by atoms with Gasteiger partial charge in [-0.2, -0.15) is 4.98 Å². The van der Waals surface area contributed by atoms with Crippen LogP contribution in [0.4, 0.5) is 0 Å². The van der Waals surface area contributed by atoms with Crippen LogP contribution in [0.25, 0.3) is 22.8 Å². The molecule has 0 spiro atoms. The zero-order valence-electron chi connectivity index (χ0n) is 13.0. The molecule has 4 rings (SSSR count). The maximum atomic E-state index is 5.90. The van der Waals surface area contributed by atoms with Gasteiger partial charge in [0.2, 0.25) is 5.82 Å². The topological polar surface area (TPSA) is 63.3 Å². The van der Waals surface area contributed by atoms with Crippen LogP contribution in [0.2, 0.25) is 5.02 Å². The summed E-state index contributed by atoms with van der Waals surface area (Å²) in [6, 6.07) is 15.7. The molecule has 1 aromatic heterocycles. The van der Waals surface area contributed by atoms with Crippen molar-refractivity contribution in [1.82, 2.24) is 15.5 Å². The van der Waals surface area contributed by atoms with Crippen LogP contribution in [-0.4, -0.2) is 28.6 Å². The maximum Gasteiger partial charge on any atom is 0.258 e. The van der Waals surface area contributed by atoms with Gasteiger partial charge >= 0.3 is 0 Å². The van der Waals surface area contributed by atoms with Gasteiger partial charge in [0.25, 0.3) is 5.89 Å². The molecule has 6 heteroatoms. The van der Waals surface area contributed by atoms with Gasteiger partial charge < -0.3 is 9.84 Å². The van der Waals surface area contributed by atoms with Crippen molar-refractivity contribution in [2.24, 2.45) is 4.99 Å². The van der Waals surface area contributed by atoms with E-state index < -0.39 is 0 Å². The SMILES string of the molecule is CC1CN=C(c2ccc(-c3noc(-c4ccc(Cl)cc4)n3)cc2)N1. The van der Waals surface area contributed by atoms with Crippen molar-refractivity contribution in [2.45, 2.75) is 13.0 Å². The van der Waals surface area contributed by atoms with Gasteiger partial charge in [-0.3, -0.25) is 4.99 Å². The zero-order chi connectivity index (χ0) is 16.5. The number of benzene rings is 2. The van der Waals surface area contributed by atoms with Crippen molar-refractivity contribution in [3.63, 3.8) is 0 Å². The fourth-order valence-corrected chi connectivity index (χ4v) is 2.68. The van der Waals surface area contributed by atoms with E-state index in [4.69, 9.17) is 16.1 Å². The highest BCUT2D eigenvalue weighted by Gasteiger charge is 2.15. The summed E-state index contributed by atoms with van der Waals surface area (Å²) in [6.45, 7) is 2.93. The Morgan fingerprint density at radius 3 is 2.33 bits per heavy atom. The highest BCUT2D eigenvalue weighted by atomic mass is 35.5. The first-order valence-electron chi connectivity index (χ1n) is 7.70. The van der Waals surface area contributed by atoms with Crippen molar-refractivity contribution >= 4 is 17.4 Å². The molecule has 0 radical (unpaired) electrons. The fraction of sp³-hybridized carbons (Fsp3) is 0.167. The minimum absolute atomic E-state index is 0.388. The second kappa shape index (κ2) is 6.09. The van der Waals surface area contributed by atoms with Crippen molar-refractivity contribution in [3.8, 4) is 22.8 Å². The Morgan fingerprint density at radius 2 is 1.67 bits per heavy atom. The van der Waals surface area contributed by atoms with Crippen LogP contribution in [0.15, 0.2) is 58.0 Å². The molecule has 1 unspecified atom stereocenters. The van der Waals surface area contributed by atoms with E-state index in [1.165, 1.54) is 0 Å². The Kier molecular flexibility index (Phi) is 3.78. The molecule has 5 nitrogen and oxygen atoms in total. The Hall–Kier alpha value is -2.66. The number of aliphatic imine (C=N–C) groups is 1. The molecule has 0 aliphatic carbocycles. The van der Waals surface area contributed by atoms with Gasteiger partial charge in [-0.15, -0.1) is 0 Å². The van der Waals surface area contributed by atoms with Crippen LogP contribution < -0.4 is 5.32 Å². The molecule has 1 atom stereocenters. The molecule has 2 heterocycles. The monoisotopic (exact) mass is 338 g/mol. The van der Waals surface area contributed by atoms with E-state index in [1.807, 2.05) is 36.4 Å². The average molecular weight is 339 g/mol. The second-order valence-corrected chi connectivity index (χ2v) is 6.18. The lowest BCUT2D eigenvalue weighted by atomic mass is 10.1. The van der Waals surface area contributed by atoms with Crippen LogP contribution in [0.1, 0.15) is 12.5 Å². The van der Waals surface area contributed by atoms with Gasteiger partial charge in [-0.05, 0) is 31.2 Å². The lowest BCUT2D eigenvalue weighted by molar-refractivity contribution is 0.432. The highest BCUT2D eigenvalue weighted by Crippen LogP contribution is 2.24. The fourth-order valence-electron chi connectivity index (χ4n) is 2.56. The van der Waals surface area contributed by atoms with Gasteiger partial charge in [0, 0.05) is 27.8 Å². The molecule has 120 valence electrons. The quantitative estimate of drug-likeness (QED) is 0.789. The summed E-state index contributed by atoms with van der Waals surface area (Å²) in [4.78, 5) is 8.94. The molecule has 1 aliphatic rings. The molecular weight excluding hydrogens is 324 g/mol. The summed E-state index contributed by atoms with van der Waals surface area (Å²) in [7, 11) is 0. The molecule has 2 aromatic carbocycles. The van der Waals surface area contributed by atoms with E-state index in [9.17, 15) is 0 Å². The predicted molar refractivity (Wildman–Crippen MR) is 94.2 cm³/mol. The highest BCUT2D eigenvalue weighted by molar-refractivity contribution is 6.30. The Morgan fingerprint density at radius 1 is 1.00 bits per heavy atom. The number of hydrogen-bond donors (Lipinski definition) is 1. The summed E-state index contributed by atoms with van der Waals surface area (Å²) in [5.74, 6) is 1.96. The predicted octanol–water partition coefficient (Wildman–Crippen LogP) is 3.80. The number of aromatic nitrogens is 2. The third kappa shape index (κ3) is 2.90. The summed E-state index contributed by atoms with van der Waals surface area (Å²) >= 11 is 5.90. The van der Waals surface area contributed by atoms with Gasteiger partial charge in [0.1, 0.15) is 5.84 Å². The van der Waals surface area contributed by atoms with Crippen LogP contribution >= 0.6 is 11.6 Å². The first-order valence-corrected chi connectivity index (χ1v) is 8.08. The number of amidine groups is 1. The third-order valence-corrected chi connectivity index (χ3v) is 4.09. The van der Waals surface area contributed by atoms with Gasteiger partial charge in [-0.1, -0.05) is 41.0 Å². The maximum absolute atomic E-state index is 5.90. The Bertz CT molecular complexity index is 884. The molecule has 0 bridgehead atoms. The van der Waals surface area contributed by atoms with E-state index >= 15 is 0 Å². The van der Waals surface area contributed by atoms with Crippen molar-refractivity contribution in [2.75, 3.05) is 6.54 Å². The second-order valence-electron chi connectivity index (χ2n) is 5.74. The standard InChI is InChI=1S/C18H15ClN4O/c1-11-10-20-16(21-11)12-2-4-13(5-3-12)17-22-18(24-23-17)14-6-8-15(19)9-7-14/h2-9,11H,10H2,1H3,(H,20,21). The summed E-state index contributed by atoms with van der Waals surface area (Å²) < 4.78 is 5.35. The zero-order valence-corrected chi connectivity index (χ0v) is 13.8. The summed E-state index contributed by atoms with van der Waals surface area (Å²) in [5, 5.41) is 8.08. The van der Waals surface area contributed by atoms with E-state index in [1.54, 1.807) is 12.1 Å². The van der Waals surface area contributed by atoms with E-state index in [0.29, 0.717) is 22.8 Å². The van der Waals surface area contributed by atoms with Crippen LogP contribution in [0, 0.1) is 0 Å². The largest absolute Gasteiger partial charge is 0.366 e. The average Bonchev–Trinajstić information content (AvgIpc) is 3.25. The minimum Gasteiger partial charge on any atom is -0.366 e. The van der Waals surface area contributed by atoms with Crippen molar-refractivity contribution < 1.29 is 4.52 Å². The summed E-state index contributed by atoms with van der Waals surface area (Å²) in [6.07, 6.45) is 0. The number of nitrogens with one attached hydrogen (secondary N) is 1. The van der Waals surface area contributed by atoms with Crippen LogP contribution in [0.3, 0.4) is 0 Å². The molecule has 0 saturated carbocycles. The first-order chi connectivity index (χ1) is 11.7. The lowest BCUT2D eigenvalue weighted by Gasteiger charge is -2.06. The molecule has 1 aliphatic heterocycles. The molecule has 0 amide bonds. The molecule has 24 heavy (non-hydrogen) atoms.